The number of carbonyl (C=O) groups excluding carboxylic acids is 2. The average molecular weight is 528 g/mol. The standard InChI is InChI=1S/C23H18F3N3O5S.Na/c24-23(25,26)16-10-13(3-4-15(16)21(31)32)12-5-8-28(9-6-12)7-1-2-14-11-35-20-17(27)19(30)29(20)18(14)22(33)34;/h1-6,8-10,17,20H,7,11,27H2,(H-,31,32,33,34);/q;+1/b2-1+;. The van der Waals surface area contributed by atoms with Crippen LogP contribution in [0.4, 0.5) is 13.2 Å². The minimum Gasteiger partial charge on any atom is -0.545 e. The summed E-state index contributed by atoms with van der Waals surface area (Å²) in [5.74, 6) is -3.17. The maximum Gasteiger partial charge on any atom is 1.00 e. The van der Waals surface area contributed by atoms with Crippen LogP contribution in [0.2, 0.25) is 0 Å². The molecule has 0 radical (unpaired) electrons. The molecule has 1 fully saturated rings. The molecule has 3 N–H and O–H groups in total. The SMILES string of the molecule is NC1C(=O)N2C(C(=O)O)=C(/C=C/C[n+]3ccc(-c4ccc(C(=O)[O-])c(C(F)(F)F)c4)cc3)CSC12.[Na+]. The molecule has 182 valence electrons. The molecule has 2 unspecified atom stereocenters. The molecule has 36 heavy (non-hydrogen) atoms. The number of carboxylic acid groups (broad SMARTS) is 2. The van der Waals surface area contributed by atoms with Gasteiger partial charge in [0.05, 0.1) is 11.5 Å². The van der Waals surface area contributed by atoms with Crippen LogP contribution >= 0.6 is 11.8 Å². The van der Waals surface area contributed by atoms with Gasteiger partial charge in [-0.1, -0.05) is 18.2 Å². The van der Waals surface area contributed by atoms with Crippen molar-refractivity contribution in [3.63, 3.8) is 0 Å². The fraction of sp³-hybridized carbons (Fsp3) is 0.217. The summed E-state index contributed by atoms with van der Waals surface area (Å²) >= 11 is 1.39. The van der Waals surface area contributed by atoms with Gasteiger partial charge in [-0.25, -0.2) is 9.36 Å². The van der Waals surface area contributed by atoms with Crippen molar-refractivity contribution in [1.82, 2.24) is 4.90 Å². The van der Waals surface area contributed by atoms with E-state index in [-0.39, 0.29) is 46.2 Å². The number of thioether (sulfide) groups is 1. The number of β-lactam (4-membered cyclic amide) rings is 1. The molecule has 1 aromatic heterocycles. The molecule has 1 aromatic carbocycles. The number of aromatic nitrogens is 1. The second-order valence-electron chi connectivity index (χ2n) is 7.85. The normalized spacial score (nSPS) is 19.6. The fourth-order valence-electron chi connectivity index (χ4n) is 3.89. The zero-order chi connectivity index (χ0) is 25.5. The molecule has 1 saturated heterocycles. The number of carbonyl (C=O) groups is 3. The molecule has 0 bridgehead atoms. The van der Waals surface area contributed by atoms with Crippen molar-refractivity contribution in [2.45, 2.75) is 24.1 Å². The van der Waals surface area contributed by atoms with Crippen molar-refractivity contribution < 1.29 is 71.9 Å². The predicted octanol–water partition coefficient (Wildman–Crippen LogP) is -1.84. The van der Waals surface area contributed by atoms with Gasteiger partial charge in [0.2, 0.25) is 5.91 Å². The zero-order valence-corrected chi connectivity index (χ0v) is 21.7. The number of carboxylic acids is 2. The number of pyridine rings is 1. The summed E-state index contributed by atoms with van der Waals surface area (Å²) in [7, 11) is 0. The van der Waals surface area contributed by atoms with Gasteiger partial charge in [0.25, 0.3) is 0 Å². The topological polar surface area (TPSA) is 128 Å². The number of benzene rings is 1. The molecule has 0 aliphatic carbocycles. The van der Waals surface area contributed by atoms with Crippen molar-refractivity contribution in [1.29, 1.82) is 0 Å². The van der Waals surface area contributed by atoms with E-state index < -0.39 is 41.2 Å². The molecular formula is C23H18F3N3NaO5S+. The fourth-order valence-corrected chi connectivity index (χ4v) is 5.16. The van der Waals surface area contributed by atoms with E-state index in [0.29, 0.717) is 23.4 Å². The molecule has 0 saturated carbocycles. The predicted molar refractivity (Wildman–Crippen MR) is 116 cm³/mol. The van der Waals surface area contributed by atoms with Crippen LogP contribution in [-0.2, 0) is 22.3 Å². The summed E-state index contributed by atoms with van der Waals surface area (Å²) in [6.45, 7) is 0.329. The number of hydrogen-bond donors (Lipinski definition) is 2. The van der Waals surface area contributed by atoms with E-state index in [9.17, 15) is 37.8 Å². The van der Waals surface area contributed by atoms with Gasteiger partial charge in [0.1, 0.15) is 17.1 Å². The number of nitrogens with zero attached hydrogens (tertiary/aromatic N) is 2. The Kier molecular flexibility index (Phi) is 8.36. The van der Waals surface area contributed by atoms with Crippen molar-refractivity contribution in [2.24, 2.45) is 5.73 Å². The number of halogens is 3. The Bertz CT molecular complexity index is 1280. The Balaban J connectivity index is 0.00000361. The van der Waals surface area contributed by atoms with E-state index in [1.165, 1.54) is 22.7 Å². The average Bonchev–Trinajstić information content (AvgIpc) is 2.82. The molecular weight excluding hydrogens is 510 g/mol. The Hall–Kier alpha value is -2.64. The largest absolute Gasteiger partial charge is 1.00 e. The monoisotopic (exact) mass is 528 g/mol. The van der Waals surface area contributed by atoms with E-state index in [1.807, 2.05) is 0 Å². The number of aliphatic carboxylic acids is 1. The number of aromatic carboxylic acids is 1. The molecule has 8 nitrogen and oxygen atoms in total. The quantitative estimate of drug-likeness (QED) is 0.256. The minimum atomic E-state index is -4.85. The van der Waals surface area contributed by atoms with Crippen molar-refractivity contribution in [3.8, 4) is 11.1 Å². The van der Waals surface area contributed by atoms with Gasteiger partial charge in [-0.15, -0.1) is 11.8 Å². The molecule has 0 spiro atoms. The molecule has 4 rings (SSSR count). The minimum absolute atomic E-state index is 0. The Morgan fingerprint density at radius 1 is 1.22 bits per heavy atom. The molecule has 3 heterocycles. The summed E-state index contributed by atoms with van der Waals surface area (Å²) in [5.41, 5.74) is 4.54. The second kappa shape index (κ2) is 10.8. The number of amides is 1. The number of rotatable bonds is 6. The summed E-state index contributed by atoms with van der Waals surface area (Å²) in [4.78, 5) is 35.9. The number of allylic oxidation sites excluding steroid dienone is 2. The third kappa shape index (κ3) is 5.37. The van der Waals surface area contributed by atoms with Crippen molar-refractivity contribution >= 4 is 29.6 Å². The van der Waals surface area contributed by atoms with E-state index in [1.54, 1.807) is 41.2 Å². The third-order valence-corrected chi connectivity index (χ3v) is 6.97. The van der Waals surface area contributed by atoms with E-state index >= 15 is 0 Å². The van der Waals surface area contributed by atoms with E-state index in [4.69, 9.17) is 5.73 Å². The molecule has 1 amide bonds. The Morgan fingerprint density at radius 3 is 2.47 bits per heavy atom. The van der Waals surface area contributed by atoms with E-state index in [2.05, 4.69) is 0 Å². The molecule has 2 aliphatic rings. The number of nitrogens with two attached hydrogens (primary N) is 1. The van der Waals surface area contributed by atoms with Crippen LogP contribution in [0.5, 0.6) is 0 Å². The molecule has 2 aliphatic heterocycles. The molecule has 2 atom stereocenters. The Morgan fingerprint density at radius 2 is 1.89 bits per heavy atom. The zero-order valence-electron chi connectivity index (χ0n) is 18.9. The van der Waals surface area contributed by atoms with Gasteiger partial charge >= 0.3 is 41.7 Å². The Labute approximate surface area is 229 Å². The first kappa shape index (κ1) is 27.9. The summed E-state index contributed by atoms with van der Waals surface area (Å²) in [6, 6.07) is 5.35. The van der Waals surface area contributed by atoms with Crippen LogP contribution in [0, 0.1) is 0 Å². The van der Waals surface area contributed by atoms with Gasteiger partial charge in [-0.3, -0.25) is 9.69 Å². The summed E-state index contributed by atoms with van der Waals surface area (Å²) in [5, 5.41) is 20.2. The van der Waals surface area contributed by atoms with Crippen LogP contribution in [0.25, 0.3) is 11.1 Å². The summed E-state index contributed by atoms with van der Waals surface area (Å²) < 4.78 is 41.5. The van der Waals surface area contributed by atoms with Gasteiger partial charge < -0.3 is 20.7 Å². The first-order valence-electron chi connectivity index (χ1n) is 10.2. The van der Waals surface area contributed by atoms with Gasteiger partial charge in [-0.05, 0) is 28.8 Å². The van der Waals surface area contributed by atoms with Crippen LogP contribution in [-0.4, -0.2) is 45.0 Å². The van der Waals surface area contributed by atoms with Crippen LogP contribution in [0.1, 0.15) is 15.9 Å². The van der Waals surface area contributed by atoms with Crippen molar-refractivity contribution in [3.05, 3.63) is 77.3 Å². The van der Waals surface area contributed by atoms with Gasteiger partial charge in [-0.2, -0.15) is 13.2 Å². The number of fused-ring (bicyclic) bond motifs is 1. The van der Waals surface area contributed by atoms with E-state index in [0.717, 1.165) is 12.1 Å². The maximum atomic E-state index is 13.3. The van der Waals surface area contributed by atoms with Gasteiger partial charge in [0.15, 0.2) is 18.9 Å². The van der Waals surface area contributed by atoms with Crippen LogP contribution in [0.15, 0.2) is 66.1 Å². The van der Waals surface area contributed by atoms with Crippen LogP contribution < -0.4 is 45.0 Å². The smallest absolute Gasteiger partial charge is 0.545 e. The van der Waals surface area contributed by atoms with Crippen LogP contribution in [0.3, 0.4) is 0 Å². The molecule has 2 aromatic rings. The number of hydrogen-bond acceptors (Lipinski definition) is 6. The molecule has 13 heteroatoms. The first-order chi connectivity index (χ1) is 16.5. The number of alkyl halides is 3. The van der Waals surface area contributed by atoms with Crippen molar-refractivity contribution in [2.75, 3.05) is 5.75 Å². The second-order valence-corrected chi connectivity index (χ2v) is 8.95. The van der Waals surface area contributed by atoms with Gasteiger partial charge in [0, 0.05) is 23.4 Å². The summed E-state index contributed by atoms with van der Waals surface area (Å²) in [6.07, 6.45) is 1.72. The first-order valence-corrected chi connectivity index (χ1v) is 11.3. The maximum absolute atomic E-state index is 13.3. The third-order valence-electron chi connectivity index (χ3n) is 5.65.